The number of benzene rings is 1. The van der Waals surface area contributed by atoms with E-state index < -0.39 is 0 Å². The molecule has 1 aromatic carbocycles. The summed E-state index contributed by atoms with van der Waals surface area (Å²) in [6.07, 6.45) is 9.62. The molecule has 26 heavy (non-hydrogen) atoms. The summed E-state index contributed by atoms with van der Waals surface area (Å²) in [6, 6.07) is 6.07. The highest BCUT2D eigenvalue weighted by atomic mass is 32.2. The summed E-state index contributed by atoms with van der Waals surface area (Å²) in [4.78, 5) is 17.0. The molecule has 1 aromatic heterocycles. The molecule has 136 valence electrons. The molecule has 3 rings (SSSR count). The molecule has 1 fully saturated rings. The highest BCUT2D eigenvalue weighted by Gasteiger charge is 2.22. The molecule has 0 spiro atoms. The topological polar surface area (TPSA) is 77.9 Å². The Kier molecular flexibility index (Phi) is 5.93. The molecular weight excluding hydrogens is 344 g/mol. The number of amidine groups is 1. The average molecular weight is 369 g/mol. The molecule has 1 saturated heterocycles. The van der Waals surface area contributed by atoms with E-state index in [1.165, 1.54) is 24.8 Å². The molecule has 0 radical (unpaired) electrons. The van der Waals surface area contributed by atoms with Crippen molar-refractivity contribution in [1.82, 2.24) is 10.3 Å². The maximum absolute atomic E-state index is 11.9. The van der Waals surface area contributed by atoms with Gasteiger partial charge in [-0.2, -0.15) is 0 Å². The number of aromatic nitrogens is 1. The number of carbonyl (C=O) groups is 1. The normalized spacial score (nSPS) is 15.7. The number of nitrogens with one attached hydrogen (secondary N) is 3. The molecule has 1 amide bonds. The molecule has 0 atom stereocenters. The monoisotopic (exact) mass is 368 g/mol. The zero-order chi connectivity index (χ0) is 18.5. The molecule has 3 N–H and O–H groups in total. The summed E-state index contributed by atoms with van der Waals surface area (Å²) >= 11 is 1.16. The fourth-order valence-corrected chi connectivity index (χ4v) is 3.86. The van der Waals surface area contributed by atoms with Crippen LogP contribution in [0.25, 0.3) is 17.0 Å². The van der Waals surface area contributed by atoms with Crippen LogP contribution in [0.3, 0.4) is 0 Å². The second-order valence-electron chi connectivity index (χ2n) is 6.38. The fraction of sp³-hybridized carbons (Fsp3) is 0.350. The SMILES string of the molecule is CCCCCCc1c(NC)cnc2ccc(/C=C3\SC(=N)NC3=O)cc12. The molecular formula is C20H24N4OS. The van der Waals surface area contributed by atoms with E-state index in [1.807, 2.05) is 31.5 Å². The van der Waals surface area contributed by atoms with Crippen LogP contribution in [0.2, 0.25) is 0 Å². The Labute approximate surface area is 158 Å². The summed E-state index contributed by atoms with van der Waals surface area (Å²) in [5.41, 5.74) is 4.27. The second-order valence-corrected chi connectivity index (χ2v) is 7.43. The lowest BCUT2D eigenvalue weighted by Gasteiger charge is -2.13. The smallest absolute Gasteiger partial charge is 0.264 e. The first-order chi connectivity index (χ1) is 12.6. The summed E-state index contributed by atoms with van der Waals surface area (Å²) < 4.78 is 0. The lowest BCUT2D eigenvalue weighted by atomic mass is 9.99. The largest absolute Gasteiger partial charge is 0.387 e. The summed E-state index contributed by atoms with van der Waals surface area (Å²) in [5.74, 6) is -0.206. The van der Waals surface area contributed by atoms with Crippen LogP contribution in [-0.2, 0) is 11.2 Å². The van der Waals surface area contributed by atoms with Crippen molar-refractivity contribution >= 4 is 45.5 Å². The molecule has 0 saturated carbocycles. The van der Waals surface area contributed by atoms with Crippen molar-refractivity contribution < 1.29 is 4.79 Å². The van der Waals surface area contributed by atoms with E-state index in [0.29, 0.717) is 4.91 Å². The maximum atomic E-state index is 11.9. The number of fused-ring (bicyclic) bond motifs is 1. The number of amides is 1. The fourth-order valence-electron chi connectivity index (χ4n) is 3.16. The Bertz CT molecular complexity index is 875. The molecule has 0 unspecified atom stereocenters. The van der Waals surface area contributed by atoms with Crippen LogP contribution in [0.1, 0.15) is 43.7 Å². The van der Waals surface area contributed by atoms with E-state index in [4.69, 9.17) is 5.41 Å². The Balaban J connectivity index is 1.97. The quantitative estimate of drug-likeness (QED) is 0.495. The highest BCUT2D eigenvalue weighted by Crippen LogP contribution is 2.30. The zero-order valence-electron chi connectivity index (χ0n) is 15.2. The average Bonchev–Trinajstić information content (AvgIpc) is 2.95. The number of rotatable bonds is 7. The van der Waals surface area contributed by atoms with Gasteiger partial charge in [-0.05, 0) is 53.9 Å². The number of carbonyl (C=O) groups excluding carboxylic acids is 1. The van der Waals surface area contributed by atoms with E-state index in [1.54, 1.807) is 0 Å². The lowest BCUT2D eigenvalue weighted by Crippen LogP contribution is -2.18. The predicted molar refractivity (Wildman–Crippen MR) is 111 cm³/mol. The van der Waals surface area contributed by atoms with Crippen LogP contribution in [0, 0.1) is 5.41 Å². The van der Waals surface area contributed by atoms with Crippen LogP contribution >= 0.6 is 11.8 Å². The number of anilines is 1. The van der Waals surface area contributed by atoms with Gasteiger partial charge in [-0.1, -0.05) is 32.3 Å². The first kappa shape index (κ1) is 18.5. The Hall–Kier alpha value is -2.34. The van der Waals surface area contributed by atoms with Crippen LogP contribution in [0.15, 0.2) is 29.3 Å². The van der Waals surface area contributed by atoms with Crippen molar-refractivity contribution in [3.05, 3.63) is 40.4 Å². The van der Waals surface area contributed by atoms with Crippen molar-refractivity contribution in [2.24, 2.45) is 0 Å². The van der Waals surface area contributed by atoms with E-state index in [9.17, 15) is 4.79 Å². The predicted octanol–water partition coefficient (Wildman–Crippen LogP) is 4.54. The van der Waals surface area contributed by atoms with E-state index in [-0.39, 0.29) is 11.1 Å². The van der Waals surface area contributed by atoms with Gasteiger partial charge >= 0.3 is 0 Å². The second kappa shape index (κ2) is 8.36. The molecule has 2 aromatic rings. The lowest BCUT2D eigenvalue weighted by molar-refractivity contribution is -0.115. The number of pyridine rings is 1. The van der Waals surface area contributed by atoms with Crippen molar-refractivity contribution in [2.75, 3.05) is 12.4 Å². The third-order valence-corrected chi connectivity index (χ3v) is 5.34. The van der Waals surface area contributed by atoms with Gasteiger partial charge in [0.25, 0.3) is 5.91 Å². The van der Waals surface area contributed by atoms with E-state index in [2.05, 4.69) is 28.6 Å². The Morgan fingerprint density at radius 1 is 1.31 bits per heavy atom. The van der Waals surface area contributed by atoms with Gasteiger partial charge in [-0.25, -0.2) is 0 Å². The number of thioether (sulfide) groups is 1. The first-order valence-electron chi connectivity index (χ1n) is 9.01. The van der Waals surface area contributed by atoms with Crippen LogP contribution < -0.4 is 10.6 Å². The number of unbranched alkanes of at least 4 members (excludes halogenated alkanes) is 3. The zero-order valence-corrected chi connectivity index (χ0v) is 16.0. The van der Waals surface area contributed by atoms with Gasteiger partial charge in [0.2, 0.25) is 0 Å². The molecule has 0 bridgehead atoms. The highest BCUT2D eigenvalue weighted by molar-refractivity contribution is 8.18. The molecule has 0 aliphatic carbocycles. The summed E-state index contributed by atoms with van der Waals surface area (Å²) in [6.45, 7) is 2.22. The number of hydrogen-bond donors (Lipinski definition) is 3. The molecule has 1 aliphatic heterocycles. The third-order valence-electron chi connectivity index (χ3n) is 4.51. The van der Waals surface area contributed by atoms with Crippen molar-refractivity contribution in [3.63, 3.8) is 0 Å². The Morgan fingerprint density at radius 2 is 2.15 bits per heavy atom. The van der Waals surface area contributed by atoms with Crippen molar-refractivity contribution in [3.8, 4) is 0 Å². The summed E-state index contributed by atoms with van der Waals surface area (Å²) in [7, 11) is 1.93. The van der Waals surface area contributed by atoms with Crippen LogP contribution in [0.5, 0.6) is 0 Å². The van der Waals surface area contributed by atoms with Crippen molar-refractivity contribution in [2.45, 2.75) is 39.0 Å². The van der Waals surface area contributed by atoms with Gasteiger partial charge in [-0.3, -0.25) is 15.2 Å². The standard InChI is InChI=1S/C20H24N4OS/c1-3-4-5-6-7-14-15-10-13(11-18-19(25)24-20(21)26-18)8-9-16(15)23-12-17(14)22-2/h8-12,22H,3-7H2,1-2H3,(H2,21,24,25)/b18-11-. The molecule has 6 heteroatoms. The minimum absolute atomic E-state index is 0.179. The number of nitrogens with zero attached hydrogens (tertiary/aromatic N) is 1. The summed E-state index contributed by atoms with van der Waals surface area (Å²) in [5, 5.41) is 14.7. The van der Waals surface area contributed by atoms with Gasteiger partial charge in [0.15, 0.2) is 5.17 Å². The minimum Gasteiger partial charge on any atom is -0.387 e. The molecule has 1 aliphatic rings. The van der Waals surface area contributed by atoms with Gasteiger partial charge < -0.3 is 10.6 Å². The number of aryl methyl sites for hydroxylation is 1. The van der Waals surface area contributed by atoms with Gasteiger partial charge in [0.05, 0.1) is 22.3 Å². The van der Waals surface area contributed by atoms with E-state index >= 15 is 0 Å². The Morgan fingerprint density at radius 3 is 2.85 bits per heavy atom. The maximum Gasteiger partial charge on any atom is 0.264 e. The number of hydrogen-bond acceptors (Lipinski definition) is 5. The molecule has 5 nitrogen and oxygen atoms in total. The molecule has 2 heterocycles. The van der Waals surface area contributed by atoms with E-state index in [0.717, 1.165) is 46.8 Å². The van der Waals surface area contributed by atoms with Gasteiger partial charge in [0.1, 0.15) is 0 Å². The van der Waals surface area contributed by atoms with Gasteiger partial charge in [0, 0.05) is 12.4 Å². The minimum atomic E-state index is -0.206. The van der Waals surface area contributed by atoms with Crippen LogP contribution in [0.4, 0.5) is 5.69 Å². The van der Waals surface area contributed by atoms with Gasteiger partial charge in [-0.15, -0.1) is 0 Å². The van der Waals surface area contributed by atoms with Crippen molar-refractivity contribution in [1.29, 1.82) is 5.41 Å². The first-order valence-corrected chi connectivity index (χ1v) is 9.83. The third kappa shape index (κ3) is 4.07. The van der Waals surface area contributed by atoms with Crippen LogP contribution in [-0.4, -0.2) is 23.1 Å².